The fraction of sp³-hybridized carbons (Fsp3) is 0.417. The zero-order valence-corrected chi connectivity index (χ0v) is 16.8. The quantitative estimate of drug-likeness (QED) is 0.635. The van der Waals surface area contributed by atoms with Gasteiger partial charge in [-0.05, 0) is 18.1 Å². The molecule has 5 nitrogen and oxygen atoms in total. The van der Waals surface area contributed by atoms with Crippen molar-refractivity contribution in [2.24, 2.45) is 0 Å². The van der Waals surface area contributed by atoms with Crippen molar-refractivity contribution in [2.45, 2.75) is 50.5 Å². The molecule has 1 fully saturated rings. The molecular formula is C24H30O5. The van der Waals surface area contributed by atoms with Crippen LogP contribution in [0.1, 0.15) is 24.5 Å². The lowest BCUT2D eigenvalue weighted by Gasteiger charge is -2.45. The van der Waals surface area contributed by atoms with Gasteiger partial charge in [-0.1, -0.05) is 72.8 Å². The van der Waals surface area contributed by atoms with Crippen LogP contribution in [0.2, 0.25) is 0 Å². The molecular weight excluding hydrogens is 368 g/mol. The molecule has 1 heterocycles. The highest BCUT2D eigenvalue weighted by Gasteiger charge is 2.46. The lowest BCUT2D eigenvalue weighted by molar-refractivity contribution is -0.240. The Labute approximate surface area is 172 Å². The van der Waals surface area contributed by atoms with Gasteiger partial charge in [0.25, 0.3) is 0 Å². The van der Waals surface area contributed by atoms with Crippen LogP contribution in [0.15, 0.2) is 72.8 Å². The van der Waals surface area contributed by atoms with E-state index in [1.807, 2.05) is 67.6 Å². The second-order valence-corrected chi connectivity index (χ2v) is 7.57. The van der Waals surface area contributed by atoms with Crippen LogP contribution < -0.4 is 0 Å². The van der Waals surface area contributed by atoms with Gasteiger partial charge >= 0.3 is 0 Å². The molecule has 29 heavy (non-hydrogen) atoms. The lowest BCUT2D eigenvalue weighted by atomic mass is 9.88. The van der Waals surface area contributed by atoms with E-state index in [1.165, 1.54) is 0 Å². The van der Waals surface area contributed by atoms with Gasteiger partial charge in [-0.2, -0.15) is 0 Å². The number of rotatable bonds is 9. The third-order valence-electron chi connectivity index (χ3n) is 5.15. The van der Waals surface area contributed by atoms with Crippen LogP contribution in [0, 0.1) is 0 Å². The van der Waals surface area contributed by atoms with Crippen molar-refractivity contribution >= 4 is 0 Å². The fourth-order valence-electron chi connectivity index (χ4n) is 3.52. The minimum Gasteiger partial charge on any atom is -0.392 e. The molecule has 0 amide bonds. The van der Waals surface area contributed by atoms with Gasteiger partial charge in [-0.25, -0.2) is 0 Å². The molecule has 3 rings (SSSR count). The maximum Gasteiger partial charge on any atom is 0.116 e. The van der Waals surface area contributed by atoms with E-state index in [0.29, 0.717) is 26.2 Å². The van der Waals surface area contributed by atoms with Crippen LogP contribution in [0.4, 0.5) is 0 Å². The summed E-state index contributed by atoms with van der Waals surface area (Å²) < 4.78 is 18.4. The van der Waals surface area contributed by atoms with E-state index >= 15 is 0 Å². The Balaban J connectivity index is 1.67. The van der Waals surface area contributed by atoms with Crippen LogP contribution in [-0.4, -0.2) is 47.3 Å². The summed E-state index contributed by atoms with van der Waals surface area (Å²) in [6, 6.07) is 19.9. The van der Waals surface area contributed by atoms with Gasteiger partial charge in [0.15, 0.2) is 0 Å². The van der Waals surface area contributed by atoms with Gasteiger partial charge in [0.1, 0.15) is 11.7 Å². The van der Waals surface area contributed by atoms with Crippen molar-refractivity contribution in [3.05, 3.63) is 83.9 Å². The van der Waals surface area contributed by atoms with Crippen LogP contribution >= 0.6 is 0 Å². The van der Waals surface area contributed by atoms with Crippen molar-refractivity contribution in [2.75, 3.05) is 13.2 Å². The van der Waals surface area contributed by atoms with E-state index in [0.717, 1.165) is 11.1 Å². The van der Waals surface area contributed by atoms with Crippen LogP contribution in [0.5, 0.6) is 0 Å². The summed E-state index contributed by atoms with van der Waals surface area (Å²) in [7, 11) is 0. The average molecular weight is 398 g/mol. The van der Waals surface area contributed by atoms with Gasteiger partial charge in [-0.15, -0.1) is 0 Å². The fourth-order valence-corrected chi connectivity index (χ4v) is 3.52. The summed E-state index contributed by atoms with van der Waals surface area (Å²) in [5.74, 6) is 0. The Kier molecular flexibility index (Phi) is 7.98. The van der Waals surface area contributed by atoms with Gasteiger partial charge in [-0.3, -0.25) is 0 Å². The van der Waals surface area contributed by atoms with Crippen molar-refractivity contribution in [1.82, 2.24) is 0 Å². The number of hydrogen-bond acceptors (Lipinski definition) is 5. The Hall–Kier alpha value is -2.02. The predicted molar refractivity (Wildman–Crippen MR) is 111 cm³/mol. The Bertz CT molecular complexity index is 748. The van der Waals surface area contributed by atoms with E-state index in [4.69, 9.17) is 19.3 Å². The molecule has 4 atom stereocenters. The minimum absolute atomic E-state index is 0.0955. The maximum absolute atomic E-state index is 10.5. The second-order valence-electron chi connectivity index (χ2n) is 7.57. The largest absolute Gasteiger partial charge is 0.392 e. The molecule has 0 bridgehead atoms. The monoisotopic (exact) mass is 398 g/mol. The molecule has 2 N–H and O–H groups in total. The summed E-state index contributed by atoms with van der Waals surface area (Å²) >= 11 is 0. The van der Waals surface area contributed by atoms with E-state index < -0.39 is 17.8 Å². The van der Waals surface area contributed by atoms with Gasteiger partial charge < -0.3 is 24.4 Å². The van der Waals surface area contributed by atoms with Crippen LogP contribution in [0.25, 0.3) is 0 Å². The first-order chi connectivity index (χ1) is 14.1. The zero-order valence-electron chi connectivity index (χ0n) is 16.8. The number of aliphatic hydroxyl groups excluding tert-OH is 2. The smallest absolute Gasteiger partial charge is 0.116 e. The Morgan fingerprint density at radius 1 is 1.03 bits per heavy atom. The number of ether oxygens (including phenoxy) is 3. The average Bonchev–Trinajstić information content (AvgIpc) is 2.75. The third-order valence-corrected chi connectivity index (χ3v) is 5.15. The first kappa shape index (κ1) is 21.7. The summed E-state index contributed by atoms with van der Waals surface area (Å²) in [6.45, 7) is 3.11. The predicted octanol–water partition coefficient (Wildman–Crippen LogP) is 3.25. The van der Waals surface area contributed by atoms with E-state index in [1.54, 1.807) is 12.2 Å². The normalized spacial score (nSPS) is 27.3. The molecule has 0 unspecified atom stereocenters. The topological polar surface area (TPSA) is 68.2 Å². The third kappa shape index (κ3) is 6.23. The Morgan fingerprint density at radius 2 is 1.66 bits per heavy atom. The second kappa shape index (κ2) is 10.7. The standard InChI is InChI=1S/C24H30O5/c1-24(18-27-16-19-9-4-2-5-10-19)23(28-17-20-11-6-3-7-12-20)15-21(26)22(29-24)13-8-14-25/h2-13,21-23,25-26H,14-18H2,1H3/b13-8+/t21-,22+,23+,24-/m0/s1. The van der Waals surface area contributed by atoms with Crippen LogP contribution in [-0.2, 0) is 27.4 Å². The van der Waals surface area contributed by atoms with Crippen molar-refractivity contribution < 1.29 is 24.4 Å². The van der Waals surface area contributed by atoms with E-state index in [-0.39, 0.29) is 12.7 Å². The highest BCUT2D eigenvalue weighted by molar-refractivity contribution is 5.14. The molecule has 2 aromatic carbocycles. The summed E-state index contributed by atoms with van der Waals surface area (Å²) in [5, 5.41) is 19.6. The molecule has 2 aromatic rings. The number of aliphatic hydroxyl groups is 2. The molecule has 156 valence electrons. The lowest BCUT2D eigenvalue weighted by Crippen LogP contribution is -2.57. The zero-order chi connectivity index (χ0) is 20.5. The minimum atomic E-state index is -0.729. The van der Waals surface area contributed by atoms with Gasteiger partial charge in [0, 0.05) is 6.42 Å². The summed E-state index contributed by atoms with van der Waals surface area (Å²) in [5.41, 5.74) is 1.43. The van der Waals surface area contributed by atoms with Crippen molar-refractivity contribution in [1.29, 1.82) is 0 Å². The number of hydrogen-bond donors (Lipinski definition) is 2. The molecule has 1 aliphatic heterocycles. The maximum atomic E-state index is 10.5. The first-order valence-electron chi connectivity index (χ1n) is 10.0. The summed E-state index contributed by atoms with van der Waals surface area (Å²) in [6.07, 6.45) is 2.17. The Morgan fingerprint density at radius 3 is 2.28 bits per heavy atom. The molecule has 1 aliphatic rings. The highest BCUT2D eigenvalue weighted by atomic mass is 16.6. The molecule has 0 saturated carbocycles. The molecule has 1 saturated heterocycles. The van der Waals surface area contributed by atoms with Gasteiger partial charge in [0.05, 0.1) is 38.6 Å². The molecule has 0 aliphatic carbocycles. The molecule has 5 heteroatoms. The van der Waals surface area contributed by atoms with Crippen LogP contribution in [0.3, 0.4) is 0 Å². The summed E-state index contributed by atoms with van der Waals surface area (Å²) in [4.78, 5) is 0. The van der Waals surface area contributed by atoms with Crippen molar-refractivity contribution in [3.8, 4) is 0 Å². The van der Waals surface area contributed by atoms with E-state index in [9.17, 15) is 5.11 Å². The highest BCUT2D eigenvalue weighted by Crippen LogP contribution is 2.33. The number of benzene rings is 2. The SMILES string of the molecule is C[C@@]1(COCc2ccccc2)O[C@H](/C=C/CO)[C@@H](O)C[C@H]1OCc1ccccc1. The first-order valence-corrected chi connectivity index (χ1v) is 10.0. The molecule has 0 aromatic heterocycles. The van der Waals surface area contributed by atoms with Crippen molar-refractivity contribution in [3.63, 3.8) is 0 Å². The van der Waals surface area contributed by atoms with E-state index in [2.05, 4.69) is 0 Å². The van der Waals surface area contributed by atoms with Gasteiger partial charge in [0.2, 0.25) is 0 Å². The molecule has 0 spiro atoms. The molecule has 0 radical (unpaired) electrons.